The summed E-state index contributed by atoms with van der Waals surface area (Å²) in [5.74, 6) is -0.570. The number of anilines is 1. The molecule has 0 saturated heterocycles. The summed E-state index contributed by atoms with van der Waals surface area (Å²) in [5.41, 5.74) is 14.3. The van der Waals surface area contributed by atoms with Crippen LogP contribution in [-0.4, -0.2) is 49.9 Å². The molecule has 0 unspecified atom stereocenters. The van der Waals surface area contributed by atoms with Crippen LogP contribution in [0.5, 0.6) is 5.75 Å². The van der Waals surface area contributed by atoms with E-state index in [9.17, 15) is 9.59 Å². The number of nitrogens with zero attached hydrogens (tertiary/aromatic N) is 6. The molecule has 0 aliphatic heterocycles. The van der Waals surface area contributed by atoms with E-state index in [4.69, 9.17) is 16.2 Å². The van der Waals surface area contributed by atoms with Crippen molar-refractivity contribution in [1.29, 1.82) is 0 Å². The second-order valence-corrected chi connectivity index (χ2v) is 7.12. The zero-order valence-corrected chi connectivity index (χ0v) is 17.0. The summed E-state index contributed by atoms with van der Waals surface area (Å²) in [6, 6.07) is 10.3. The first-order valence-electron chi connectivity index (χ1n) is 8.95. The number of hydrogen-bond acceptors (Lipinski definition) is 11. The summed E-state index contributed by atoms with van der Waals surface area (Å²) in [6.07, 6.45) is 1.44. The third kappa shape index (κ3) is 4.44. The molecule has 0 bridgehead atoms. The van der Waals surface area contributed by atoms with Gasteiger partial charge in [0.15, 0.2) is 12.3 Å². The van der Waals surface area contributed by atoms with E-state index in [1.54, 1.807) is 30.3 Å². The maximum absolute atomic E-state index is 12.7. The second kappa shape index (κ2) is 9.05. The highest BCUT2D eigenvalue weighted by atomic mass is 32.1. The minimum atomic E-state index is -0.590. The zero-order chi connectivity index (χ0) is 22.5. The molecule has 162 valence electrons. The molecule has 13 nitrogen and oxygen atoms in total. The van der Waals surface area contributed by atoms with E-state index in [-0.39, 0.29) is 23.9 Å². The number of ether oxygens (including phenoxy) is 1. The van der Waals surface area contributed by atoms with E-state index in [2.05, 4.69) is 35.8 Å². The van der Waals surface area contributed by atoms with Crippen molar-refractivity contribution in [3.63, 3.8) is 0 Å². The van der Waals surface area contributed by atoms with E-state index in [1.165, 1.54) is 22.2 Å². The Hall–Kier alpha value is -4.59. The highest BCUT2D eigenvalue weighted by Gasteiger charge is 2.25. The number of aromatic nitrogens is 5. The predicted octanol–water partition coefficient (Wildman–Crippen LogP) is 0.589. The van der Waals surface area contributed by atoms with Crippen LogP contribution in [0.3, 0.4) is 0 Å². The maximum atomic E-state index is 12.7. The van der Waals surface area contributed by atoms with Gasteiger partial charge in [-0.25, -0.2) is 10.1 Å². The quantitative estimate of drug-likeness (QED) is 0.253. The van der Waals surface area contributed by atoms with E-state index >= 15 is 0 Å². The maximum Gasteiger partial charge on any atom is 0.294 e. The number of carbonyl (C=O) groups excluding carboxylic acids is 2. The average Bonchev–Trinajstić information content (AvgIpc) is 3.53. The topological polar surface area (TPSA) is 189 Å². The van der Waals surface area contributed by atoms with Gasteiger partial charge < -0.3 is 16.2 Å². The standard InChI is InChI=1S/C18H15N9O4S/c19-13(28)9-30-11-5-3-10(4-6-11)8-21-23-18(29)14-15(12-2-1-7-32-12)27(26-22-14)17-16(20)24-31-25-17/h1-8H,9H2,(H2,19,28)(H2,20,24)(H,23,29)/b21-8+. The Morgan fingerprint density at radius 3 is 2.72 bits per heavy atom. The fraction of sp³-hybridized carbons (Fsp3) is 0.0556. The molecule has 0 radical (unpaired) electrons. The Balaban J connectivity index is 1.51. The lowest BCUT2D eigenvalue weighted by Gasteiger charge is -2.04. The van der Waals surface area contributed by atoms with Gasteiger partial charge in [0.2, 0.25) is 11.6 Å². The summed E-state index contributed by atoms with van der Waals surface area (Å²) < 4.78 is 11.1. The Morgan fingerprint density at radius 2 is 2.06 bits per heavy atom. The molecule has 0 saturated carbocycles. The smallest absolute Gasteiger partial charge is 0.294 e. The molecule has 0 aliphatic rings. The number of amides is 2. The fourth-order valence-electron chi connectivity index (χ4n) is 2.58. The minimum absolute atomic E-state index is 0.000871. The van der Waals surface area contributed by atoms with Crippen LogP contribution in [-0.2, 0) is 4.79 Å². The van der Waals surface area contributed by atoms with Crippen LogP contribution in [0, 0.1) is 0 Å². The van der Waals surface area contributed by atoms with Crippen molar-refractivity contribution in [2.75, 3.05) is 12.3 Å². The Kier molecular flexibility index (Phi) is 5.85. The molecule has 4 aromatic rings. The van der Waals surface area contributed by atoms with Crippen LogP contribution in [0.25, 0.3) is 16.4 Å². The van der Waals surface area contributed by atoms with Gasteiger partial charge in [-0.3, -0.25) is 9.59 Å². The van der Waals surface area contributed by atoms with Gasteiger partial charge in [0.1, 0.15) is 11.4 Å². The molecule has 1 aromatic carbocycles. The van der Waals surface area contributed by atoms with Crippen LogP contribution in [0.15, 0.2) is 51.5 Å². The van der Waals surface area contributed by atoms with Crippen molar-refractivity contribution < 1.29 is 19.0 Å². The van der Waals surface area contributed by atoms with Crippen LogP contribution in [0.1, 0.15) is 16.1 Å². The summed E-state index contributed by atoms with van der Waals surface area (Å²) in [5, 5.41) is 21.0. The number of carbonyl (C=O) groups is 2. The number of nitrogen functional groups attached to an aromatic ring is 1. The minimum Gasteiger partial charge on any atom is -0.484 e. The number of nitrogens with two attached hydrogens (primary N) is 2. The van der Waals surface area contributed by atoms with Crippen LogP contribution >= 0.6 is 11.3 Å². The molecule has 3 heterocycles. The molecular formula is C18H15N9O4S. The predicted molar refractivity (Wildman–Crippen MR) is 113 cm³/mol. The first-order chi connectivity index (χ1) is 15.5. The molecule has 2 amide bonds. The molecule has 32 heavy (non-hydrogen) atoms. The largest absolute Gasteiger partial charge is 0.484 e. The number of nitrogens with one attached hydrogen (secondary N) is 1. The van der Waals surface area contributed by atoms with E-state index < -0.39 is 11.8 Å². The Labute approximate surface area is 183 Å². The third-order valence-corrected chi connectivity index (χ3v) is 4.85. The highest BCUT2D eigenvalue weighted by Crippen LogP contribution is 2.29. The first-order valence-corrected chi connectivity index (χ1v) is 9.83. The summed E-state index contributed by atoms with van der Waals surface area (Å²) in [7, 11) is 0. The van der Waals surface area contributed by atoms with Crippen molar-refractivity contribution >= 4 is 35.2 Å². The fourth-order valence-corrected chi connectivity index (χ4v) is 3.33. The van der Waals surface area contributed by atoms with Gasteiger partial charge in [0.05, 0.1) is 11.1 Å². The summed E-state index contributed by atoms with van der Waals surface area (Å²) in [4.78, 5) is 24.2. The molecule has 0 atom stereocenters. The summed E-state index contributed by atoms with van der Waals surface area (Å²) >= 11 is 1.38. The zero-order valence-electron chi connectivity index (χ0n) is 16.2. The molecule has 0 spiro atoms. The van der Waals surface area contributed by atoms with Gasteiger partial charge in [-0.05, 0) is 51.6 Å². The van der Waals surface area contributed by atoms with Gasteiger partial charge in [-0.15, -0.1) is 16.4 Å². The van der Waals surface area contributed by atoms with Crippen molar-refractivity contribution in [3.8, 4) is 22.1 Å². The molecule has 4 rings (SSSR count). The van der Waals surface area contributed by atoms with Crippen LogP contribution in [0.2, 0.25) is 0 Å². The average molecular weight is 453 g/mol. The molecule has 0 fully saturated rings. The van der Waals surface area contributed by atoms with Gasteiger partial charge >= 0.3 is 0 Å². The third-order valence-electron chi connectivity index (χ3n) is 3.98. The number of thiophene rings is 1. The lowest BCUT2D eigenvalue weighted by atomic mass is 10.2. The molecule has 5 N–H and O–H groups in total. The molecule has 14 heteroatoms. The molecule has 3 aromatic heterocycles. The normalized spacial score (nSPS) is 11.0. The van der Waals surface area contributed by atoms with Gasteiger partial charge in [-0.1, -0.05) is 11.3 Å². The number of primary amides is 1. The SMILES string of the molecule is NC(=O)COc1ccc(/C=N/NC(=O)c2nnn(-c3nonc3N)c2-c2cccs2)cc1. The van der Waals surface area contributed by atoms with E-state index in [1.807, 2.05) is 11.4 Å². The van der Waals surface area contributed by atoms with E-state index in [0.717, 1.165) is 0 Å². The van der Waals surface area contributed by atoms with E-state index in [0.29, 0.717) is 21.9 Å². The van der Waals surface area contributed by atoms with Crippen LogP contribution < -0.4 is 21.6 Å². The highest BCUT2D eigenvalue weighted by molar-refractivity contribution is 7.13. The number of hydrazone groups is 1. The molecular weight excluding hydrogens is 438 g/mol. The lowest BCUT2D eigenvalue weighted by molar-refractivity contribution is -0.119. The lowest BCUT2D eigenvalue weighted by Crippen LogP contribution is -2.20. The summed E-state index contributed by atoms with van der Waals surface area (Å²) in [6.45, 7) is -0.215. The Morgan fingerprint density at radius 1 is 1.25 bits per heavy atom. The van der Waals surface area contributed by atoms with Crippen molar-refractivity contribution in [2.24, 2.45) is 10.8 Å². The van der Waals surface area contributed by atoms with Gasteiger partial charge in [0.25, 0.3) is 11.8 Å². The van der Waals surface area contributed by atoms with Gasteiger partial charge in [-0.2, -0.15) is 9.78 Å². The second-order valence-electron chi connectivity index (χ2n) is 6.17. The number of hydrogen-bond donors (Lipinski definition) is 3. The molecule has 0 aliphatic carbocycles. The van der Waals surface area contributed by atoms with Crippen molar-refractivity contribution in [1.82, 2.24) is 30.7 Å². The number of rotatable bonds is 8. The monoisotopic (exact) mass is 453 g/mol. The number of benzene rings is 1. The van der Waals surface area contributed by atoms with Crippen molar-refractivity contribution in [3.05, 3.63) is 53.0 Å². The first kappa shape index (κ1) is 20.7. The van der Waals surface area contributed by atoms with Crippen molar-refractivity contribution in [2.45, 2.75) is 0 Å². The van der Waals surface area contributed by atoms with Crippen LogP contribution in [0.4, 0.5) is 5.82 Å². The van der Waals surface area contributed by atoms with Gasteiger partial charge in [0, 0.05) is 0 Å². The Bertz CT molecular complexity index is 1260.